The Morgan fingerprint density at radius 1 is 1.00 bits per heavy atom. The molecule has 3 heterocycles. The number of benzene rings is 2. The van der Waals surface area contributed by atoms with Crippen molar-refractivity contribution in [1.29, 1.82) is 5.26 Å². The molecule has 2 aromatic carbocycles. The van der Waals surface area contributed by atoms with Crippen LogP contribution < -0.4 is 10.1 Å². The van der Waals surface area contributed by atoms with E-state index in [1.807, 2.05) is 44.4 Å². The summed E-state index contributed by atoms with van der Waals surface area (Å²) in [6.07, 6.45) is 12.2. The van der Waals surface area contributed by atoms with Gasteiger partial charge in [-0.2, -0.15) is 5.26 Å². The third-order valence-electron chi connectivity index (χ3n) is 10.6. The van der Waals surface area contributed by atoms with E-state index in [4.69, 9.17) is 14.2 Å². The summed E-state index contributed by atoms with van der Waals surface area (Å²) in [5, 5.41) is 12.4. The van der Waals surface area contributed by atoms with Crippen LogP contribution in [0.2, 0.25) is 0 Å². The van der Waals surface area contributed by atoms with Crippen LogP contribution in [0.25, 0.3) is 11.1 Å². The fourth-order valence-corrected chi connectivity index (χ4v) is 7.85. The Hall–Kier alpha value is -3.64. The molecule has 1 aromatic heterocycles. The van der Waals surface area contributed by atoms with Crippen molar-refractivity contribution in [3.8, 4) is 22.9 Å². The van der Waals surface area contributed by atoms with Gasteiger partial charge in [0.05, 0.1) is 25.3 Å². The monoisotopic (exact) mass is 652 g/mol. The summed E-state index contributed by atoms with van der Waals surface area (Å²) >= 11 is 0. The highest BCUT2D eigenvalue weighted by atomic mass is 16.7. The minimum absolute atomic E-state index is 0.0632. The number of likely N-dealkylation sites (tertiary alicyclic amines) is 1. The maximum Gasteiger partial charge on any atom is 0.267 e. The third kappa shape index (κ3) is 8.14. The summed E-state index contributed by atoms with van der Waals surface area (Å²) in [4.78, 5) is 16.1. The fourth-order valence-electron chi connectivity index (χ4n) is 7.85. The Morgan fingerprint density at radius 3 is 2.56 bits per heavy atom. The molecule has 0 spiro atoms. The number of methoxy groups -OCH3 is 1. The zero-order chi connectivity index (χ0) is 33.3. The van der Waals surface area contributed by atoms with E-state index in [-0.39, 0.29) is 12.2 Å². The predicted molar refractivity (Wildman–Crippen MR) is 188 cm³/mol. The van der Waals surface area contributed by atoms with Gasteiger partial charge in [0.1, 0.15) is 11.4 Å². The first-order chi connectivity index (χ1) is 23.6. The summed E-state index contributed by atoms with van der Waals surface area (Å²) in [7, 11) is 1.84. The Labute approximate surface area is 286 Å². The van der Waals surface area contributed by atoms with Crippen LogP contribution in [0.15, 0.2) is 42.5 Å². The number of hydrogen-bond acceptors (Lipinski definition) is 6. The summed E-state index contributed by atoms with van der Waals surface area (Å²) in [6, 6.07) is 16.4. The van der Waals surface area contributed by atoms with Crippen molar-refractivity contribution >= 4 is 5.91 Å². The van der Waals surface area contributed by atoms with Crippen molar-refractivity contribution in [2.24, 2.45) is 0 Å². The molecule has 0 bridgehead atoms. The van der Waals surface area contributed by atoms with Crippen LogP contribution >= 0.6 is 0 Å². The average Bonchev–Trinajstić information content (AvgIpc) is 3.47. The van der Waals surface area contributed by atoms with Crippen LogP contribution in [0.4, 0.5) is 0 Å². The lowest BCUT2D eigenvalue weighted by Gasteiger charge is -2.33. The first kappa shape index (κ1) is 34.2. The summed E-state index contributed by atoms with van der Waals surface area (Å²) in [6.45, 7) is 7.75. The van der Waals surface area contributed by atoms with Gasteiger partial charge in [0.2, 0.25) is 0 Å². The molecule has 2 aliphatic heterocycles. The van der Waals surface area contributed by atoms with E-state index < -0.39 is 0 Å². The van der Waals surface area contributed by atoms with E-state index >= 15 is 0 Å². The Balaban J connectivity index is 0.996. The Bertz CT molecular complexity index is 1560. The number of aromatic nitrogens is 1. The number of rotatable bonds is 13. The van der Waals surface area contributed by atoms with Crippen LogP contribution in [-0.2, 0) is 28.9 Å². The molecule has 256 valence electrons. The molecule has 1 unspecified atom stereocenters. The van der Waals surface area contributed by atoms with E-state index in [9.17, 15) is 10.1 Å². The minimum atomic E-state index is -0.165. The molecule has 48 heavy (non-hydrogen) atoms. The van der Waals surface area contributed by atoms with Crippen LogP contribution in [0, 0.1) is 18.3 Å². The van der Waals surface area contributed by atoms with Gasteiger partial charge in [-0.1, -0.05) is 24.3 Å². The number of nitrogens with zero attached hydrogens (tertiary/aromatic N) is 3. The van der Waals surface area contributed by atoms with Gasteiger partial charge in [0, 0.05) is 31.0 Å². The smallest absolute Gasteiger partial charge is 0.267 e. The van der Waals surface area contributed by atoms with Gasteiger partial charge >= 0.3 is 0 Å². The molecule has 6 rings (SSSR count). The molecule has 8 heteroatoms. The van der Waals surface area contributed by atoms with Gasteiger partial charge < -0.3 is 29.0 Å². The number of piperidine rings is 1. The number of hydrogen-bond donors (Lipinski definition) is 1. The lowest BCUT2D eigenvalue weighted by Crippen LogP contribution is -2.34. The molecule has 3 aromatic rings. The first-order valence-electron chi connectivity index (χ1n) is 18.2. The highest BCUT2D eigenvalue weighted by molar-refractivity contribution is 5.95. The molecular formula is C40H52N4O4. The molecule has 1 amide bonds. The summed E-state index contributed by atoms with van der Waals surface area (Å²) in [5.41, 5.74) is 8.61. The number of aryl methyl sites for hydroxylation is 1. The maximum absolute atomic E-state index is 13.5. The topological polar surface area (TPSA) is 88.8 Å². The molecule has 0 saturated carbocycles. The second kappa shape index (κ2) is 16.6. The molecule has 0 radical (unpaired) electrons. The van der Waals surface area contributed by atoms with Crippen LogP contribution in [0.5, 0.6) is 5.75 Å². The van der Waals surface area contributed by atoms with Gasteiger partial charge in [-0.15, -0.1) is 0 Å². The van der Waals surface area contributed by atoms with Crippen molar-refractivity contribution in [3.05, 3.63) is 76.1 Å². The van der Waals surface area contributed by atoms with Crippen molar-refractivity contribution in [1.82, 2.24) is 14.8 Å². The Kier molecular flexibility index (Phi) is 11.9. The number of fused-ring (bicyclic) bond motifs is 1. The highest BCUT2D eigenvalue weighted by Gasteiger charge is 2.26. The number of nitriles is 1. The van der Waals surface area contributed by atoms with Gasteiger partial charge in [-0.05, 0) is 144 Å². The van der Waals surface area contributed by atoms with E-state index in [1.54, 1.807) is 0 Å². The van der Waals surface area contributed by atoms with E-state index in [2.05, 4.69) is 33.0 Å². The maximum atomic E-state index is 13.5. The number of ether oxygens (including phenoxy) is 3. The van der Waals surface area contributed by atoms with E-state index in [1.165, 1.54) is 48.8 Å². The second-order valence-electron chi connectivity index (χ2n) is 13.6. The van der Waals surface area contributed by atoms with Gasteiger partial charge in [-0.3, -0.25) is 4.79 Å². The zero-order valence-electron chi connectivity index (χ0n) is 28.9. The molecule has 2 fully saturated rings. The molecular weight excluding hydrogens is 600 g/mol. The second-order valence-corrected chi connectivity index (χ2v) is 13.6. The largest absolute Gasteiger partial charge is 0.496 e. The molecule has 1 atom stereocenters. The number of nitrogens with one attached hydrogen (secondary N) is 1. The van der Waals surface area contributed by atoms with Crippen molar-refractivity contribution in [2.75, 3.05) is 46.5 Å². The predicted octanol–water partition coefficient (Wildman–Crippen LogP) is 7.16. The first-order valence-corrected chi connectivity index (χ1v) is 18.2. The number of carbonyl (C=O) groups is 1. The van der Waals surface area contributed by atoms with E-state index in [0.29, 0.717) is 36.9 Å². The lowest BCUT2D eigenvalue weighted by atomic mass is 9.83. The highest BCUT2D eigenvalue weighted by Crippen LogP contribution is 2.40. The molecule has 8 nitrogen and oxygen atoms in total. The van der Waals surface area contributed by atoms with Gasteiger partial charge in [-0.25, -0.2) is 0 Å². The Morgan fingerprint density at radius 2 is 1.81 bits per heavy atom. The van der Waals surface area contributed by atoms with Gasteiger partial charge in [0.15, 0.2) is 6.29 Å². The summed E-state index contributed by atoms with van der Waals surface area (Å²) in [5.74, 6) is 1.67. The fraction of sp³-hybridized carbons (Fsp3) is 0.550. The SMILES string of the molecule is COc1c(C2CCN(CCCCNC(=O)c3cc(-c4ccc(C#N)cc4)c(C)n3CCOC3CCCCO3)CC2)ccc2c1CCCC2. The van der Waals surface area contributed by atoms with Crippen molar-refractivity contribution < 1.29 is 19.0 Å². The quantitative estimate of drug-likeness (QED) is 0.197. The molecule has 1 N–H and O–H groups in total. The van der Waals surface area contributed by atoms with Crippen molar-refractivity contribution in [2.45, 2.75) is 96.3 Å². The molecule has 2 saturated heterocycles. The molecule has 3 aliphatic rings. The summed E-state index contributed by atoms with van der Waals surface area (Å²) < 4.78 is 19.8. The van der Waals surface area contributed by atoms with Crippen LogP contribution in [0.1, 0.15) is 102 Å². The van der Waals surface area contributed by atoms with Crippen molar-refractivity contribution in [3.63, 3.8) is 0 Å². The lowest BCUT2D eigenvalue weighted by molar-refractivity contribution is -0.163. The number of unbranched alkanes of at least 4 members (excludes halogenated alkanes) is 1. The number of carbonyl (C=O) groups excluding carboxylic acids is 1. The van der Waals surface area contributed by atoms with Crippen LogP contribution in [-0.4, -0.2) is 68.2 Å². The normalized spacial score (nSPS) is 18.6. The van der Waals surface area contributed by atoms with Gasteiger partial charge in [0.25, 0.3) is 5.91 Å². The van der Waals surface area contributed by atoms with E-state index in [0.717, 1.165) is 87.3 Å². The standard InChI is InChI=1S/C40H52N4O4/c1-29-36(32-14-12-30(28-41)13-15-32)27-37(44(29)24-26-48-38-11-5-8-25-47-38)40(45)42-20-6-7-21-43-22-18-33(19-23-43)35-17-16-31-9-3-4-10-34(31)39(35)46-2/h12-17,27,33,38H,3-11,18-26H2,1-2H3,(H,42,45). The third-order valence-corrected chi connectivity index (χ3v) is 10.6. The average molecular weight is 653 g/mol. The minimum Gasteiger partial charge on any atom is -0.496 e. The van der Waals surface area contributed by atoms with Crippen LogP contribution in [0.3, 0.4) is 0 Å². The molecule has 1 aliphatic carbocycles. The zero-order valence-corrected chi connectivity index (χ0v) is 28.9. The number of amides is 1.